The van der Waals surface area contributed by atoms with E-state index in [0.717, 1.165) is 12.3 Å². The third-order valence-electron chi connectivity index (χ3n) is 2.09. The lowest BCUT2D eigenvalue weighted by Crippen LogP contribution is -2.25. The molecule has 0 aromatic carbocycles. The molecule has 90 valence electrons. The van der Waals surface area contributed by atoms with Gasteiger partial charge in [0, 0.05) is 25.8 Å². The van der Waals surface area contributed by atoms with Crippen LogP contribution in [0.5, 0.6) is 0 Å². The van der Waals surface area contributed by atoms with Gasteiger partial charge in [0.1, 0.15) is 0 Å². The van der Waals surface area contributed by atoms with Crippen LogP contribution in [0, 0.1) is 0 Å². The SMILES string of the molecule is CN(CCN)Cc1ccc(C(F)(F)F)cn1. The standard InChI is InChI=1S/C10H14F3N3/c1-16(5-4-14)7-9-3-2-8(6-15-9)10(11,12)13/h2-3,6H,4-5,7,14H2,1H3. The maximum atomic E-state index is 12.2. The van der Waals surface area contributed by atoms with E-state index in [4.69, 9.17) is 5.73 Å². The second kappa shape index (κ2) is 5.27. The smallest absolute Gasteiger partial charge is 0.329 e. The number of halogens is 3. The van der Waals surface area contributed by atoms with Crippen LogP contribution in [-0.2, 0) is 12.7 Å². The fourth-order valence-electron chi connectivity index (χ4n) is 1.26. The number of hydrogen-bond donors (Lipinski definition) is 1. The molecule has 1 rings (SSSR count). The van der Waals surface area contributed by atoms with E-state index in [1.165, 1.54) is 6.07 Å². The second-order valence-electron chi connectivity index (χ2n) is 3.56. The normalized spacial score (nSPS) is 12.1. The molecular formula is C10H14F3N3. The van der Waals surface area contributed by atoms with Gasteiger partial charge in [0.25, 0.3) is 0 Å². The Hall–Kier alpha value is -1.14. The molecule has 2 N–H and O–H groups in total. The van der Waals surface area contributed by atoms with Gasteiger partial charge < -0.3 is 5.73 Å². The molecule has 0 aliphatic heterocycles. The highest BCUT2D eigenvalue weighted by molar-refractivity contribution is 5.16. The molecule has 0 atom stereocenters. The van der Waals surface area contributed by atoms with Gasteiger partial charge in [0.15, 0.2) is 0 Å². The maximum absolute atomic E-state index is 12.2. The van der Waals surface area contributed by atoms with E-state index in [2.05, 4.69) is 4.98 Å². The predicted octanol–water partition coefficient (Wildman–Crippen LogP) is 1.49. The summed E-state index contributed by atoms with van der Waals surface area (Å²) in [6.07, 6.45) is -3.47. The quantitative estimate of drug-likeness (QED) is 0.856. The first kappa shape index (κ1) is 12.9. The predicted molar refractivity (Wildman–Crippen MR) is 54.6 cm³/mol. The van der Waals surface area contributed by atoms with Crippen molar-refractivity contribution in [3.05, 3.63) is 29.6 Å². The Morgan fingerprint density at radius 1 is 1.38 bits per heavy atom. The van der Waals surface area contributed by atoms with Gasteiger partial charge in [-0.15, -0.1) is 0 Å². The van der Waals surface area contributed by atoms with Gasteiger partial charge >= 0.3 is 6.18 Å². The molecule has 0 bridgehead atoms. The van der Waals surface area contributed by atoms with Crippen LogP contribution in [0.3, 0.4) is 0 Å². The fraction of sp³-hybridized carbons (Fsp3) is 0.500. The highest BCUT2D eigenvalue weighted by Crippen LogP contribution is 2.28. The molecule has 0 saturated carbocycles. The summed E-state index contributed by atoms with van der Waals surface area (Å²) in [4.78, 5) is 5.66. The first-order valence-electron chi connectivity index (χ1n) is 4.84. The number of rotatable bonds is 4. The van der Waals surface area contributed by atoms with Crippen LogP contribution in [-0.4, -0.2) is 30.0 Å². The Labute approximate surface area is 92.1 Å². The number of alkyl halides is 3. The summed E-state index contributed by atoms with van der Waals surface area (Å²) in [6, 6.07) is 2.43. The van der Waals surface area contributed by atoms with Crippen molar-refractivity contribution in [1.29, 1.82) is 0 Å². The molecule has 0 unspecified atom stereocenters. The largest absolute Gasteiger partial charge is 0.417 e. The summed E-state index contributed by atoms with van der Waals surface area (Å²) in [6.45, 7) is 1.69. The molecular weight excluding hydrogens is 219 g/mol. The summed E-state index contributed by atoms with van der Waals surface area (Å²) in [7, 11) is 1.84. The average molecular weight is 233 g/mol. The van der Waals surface area contributed by atoms with Gasteiger partial charge in [-0.3, -0.25) is 9.88 Å². The lowest BCUT2D eigenvalue weighted by Gasteiger charge is -2.15. The van der Waals surface area contributed by atoms with Gasteiger partial charge in [-0.25, -0.2) is 0 Å². The van der Waals surface area contributed by atoms with Crippen molar-refractivity contribution < 1.29 is 13.2 Å². The molecule has 0 aliphatic rings. The number of pyridine rings is 1. The Morgan fingerprint density at radius 3 is 2.50 bits per heavy atom. The van der Waals surface area contributed by atoms with Crippen molar-refractivity contribution in [2.45, 2.75) is 12.7 Å². The third kappa shape index (κ3) is 3.79. The molecule has 0 amide bonds. The third-order valence-corrected chi connectivity index (χ3v) is 2.09. The van der Waals surface area contributed by atoms with Crippen molar-refractivity contribution in [3.63, 3.8) is 0 Å². The van der Waals surface area contributed by atoms with Crippen LogP contribution >= 0.6 is 0 Å². The zero-order valence-electron chi connectivity index (χ0n) is 8.96. The first-order valence-corrected chi connectivity index (χ1v) is 4.84. The molecule has 1 aromatic heterocycles. The van der Waals surface area contributed by atoms with Gasteiger partial charge in [-0.1, -0.05) is 0 Å². The van der Waals surface area contributed by atoms with Crippen molar-refractivity contribution in [2.75, 3.05) is 20.1 Å². The zero-order valence-corrected chi connectivity index (χ0v) is 8.96. The molecule has 16 heavy (non-hydrogen) atoms. The van der Waals surface area contributed by atoms with Crippen LogP contribution in [0.25, 0.3) is 0 Å². The molecule has 0 spiro atoms. The number of nitrogens with zero attached hydrogens (tertiary/aromatic N) is 2. The van der Waals surface area contributed by atoms with E-state index in [-0.39, 0.29) is 0 Å². The minimum atomic E-state index is -4.32. The highest BCUT2D eigenvalue weighted by Gasteiger charge is 2.30. The first-order chi connectivity index (χ1) is 7.43. The van der Waals surface area contributed by atoms with Crippen LogP contribution in [0.15, 0.2) is 18.3 Å². The molecule has 1 heterocycles. The monoisotopic (exact) mass is 233 g/mol. The van der Waals surface area contributed by atoms with E-state index >= 15 is 0 Å². The molecule has 0 saturated heterocycles. The fourth-order valence-corrected chi connectivity index (χ4v) is 1.26. The maximum Gasteiger partial charge on any atom is 0.417 e. The molecule has 6 heteroatoms. The van der Waals surface area contributed by atoms with Gasteiger partial charge in [0.2, 0.25) is 0 Å². The molecule has 3 nitrogen and oxygen atoms in total. The topological polar surface area (TPSA) is 42.1 Å². The Kier molecular flexibility index (Phi) is 4.26. The van der Waals surface area contributed by atoms with Crippen LogP contribution in [0.1, 0.15) is 11.3 Å². The number of hydrogen-bond acceptors (Lipinski definition) is 3. The minimum Gasteiger partial charge on any atom is -0.329 e. The average Bonchev–Trinajstić information content (AvgIpc) is 2.17. The summed E-state index contributed by atoms with van der Waals surface area (Å²) in [5.74, 6) is 0. The Bertz CT molecular complexity index is 321. The van der Waals surface area contributed by atoms with Crippen molar-refractivity contribution in [2.24, 2.45) is 5.73 Å². The van der Waals surface area contributed by atoms with Crippen molar-refractivity contribution in [3.8, 4) is 0 Å². The van der Waals surface area contributed by atoms with Crippen molar-refractivity contribution in [1.82, 2.24) is 9.88 Å². The van der Waals surface area contributed by atoms with E-state index in [1.54, 1.807) is 0 Å². The summed E-state index contributed by atoms with van der Waals surface area (Å²) in [5, 5.41) is 0. The lowest BCUT2D eigenvalue weighted by molar-refractivity contribution is -0.137. The van der Waals surface area contributed by atoms with Crippen LogP contribution in [0.2, 0.25) is 0 Å². The van der Waals surface area contributed by atoms with Crippen molar-refractivity contribution >= 4 is 0 Å². The molecule has 1 aromatic rings. The summed E-state index contributed by atoms with van der Waals surface area (Å²) < 4.78 is 36.7. The lowest BCUT2D eigenvalue weighted by atomic mass is 10.2. The van der Waals surface area contributed by atoms with E-state index in [0.29, 0.717) is 25.3 Å². The second-order valence-corrected chi connectivity index (χ2v) is 3.56. The number of aromatic nitrogens is 1. The van der Waals surface area contributed by atoms with Crippen LogP contribution in [0.4, 0.5) is 13.2 Å². The Morgan fingerprint density at radius 2 is 2.06 bits per heavy atom. The number of nitrogens with two attached hydrogens (primary N) is 1. The molecule has 0 radical (unpaired) electrons. The van der Waals surface area contributed by atoms with E-state index in [1.807, 2.05) is 11.9 Å². The number of likely N-dealkylation sites (N-methyl/N-ethyl adjacent to an activating group) is 1. The van der Waals surface area contributed by atoms with E-state index < -0.39 is 11.7 Å². The van der Waals surface area contributed by atoms with Gasteiger partial charge in [-0.2, -0.15) is 13.2 Å². The molecule has 0 aliphatic carbocycles. The summed E-state index contributed by atoms with van der Waals surface area (Å²) >= 11 is 0. The van der Waals surface area contributed by atoms with Gasteiger partial charge in [-0.05, 0) is 19.2 Å². The van der Waals surface area contributed by atoms with Crippen LogP contribution < -0.4 is 5.73 Å². The highest BCUT2D eigenvalue weighted by atomic mass is 19.4. The summed E-state index contributed by atoms with van der Waals surface area (Å²) in [5.41, 5.74) is 5.23. The zero-order chi connectivity index (χ0) is 12.2. The van der Waals surface area contributed by atoms with Gasteiger partial charge in [0.05, 0.1) is 11.3 Å². The molecule has 0 fully saturated rings. The Balaban J connectivity index is 2.65. The van der Waals surface area contributed by atoms with E-state index in [9.17, 15) is 13.2 Å². The minimum absolute atomic E-state index is 0.495.